The fourth-order valence-electron chi connectivity index (χ4n) is 2.86. The van der Waals surface area contributed by atoms with Crippen molar-refractivity contribution in [3.05, 3.63) is 82.5 Å². The number of rotatable bonds is 9. The van der Waals surface area contributed by atoms with E-state index >= 15 is 0 Å². The molecule has 3 N–H and O–H groups in total. The zero-order chi connectivity index (χ0) is 33.2. The van der Waals surface area contributed by atoms with Crippen LogP contribution in [0.3, 0.4) is 0 Å². The van der Waals surface area contributed by atoms with E-state index in [0.717, 1.165) is 12.5 Å². The van der Waals surface area contributed by atoms with Crippen molar-refractivity contribution >= 4 is 41.2 Å². The maximum absolute atomic E-state index is 10.8. The Labute approximate surface area is 255 Å². The van der Waals surface area contributed by atoms with Crippen LogP contribution in [0.25, 0.3) is 9.69 Å². The molecule has 2 atom stereocenters. The summed E-state index contributed by atoms with van der Waals surface area (Å²) in [6.45, 7) is 25.9. The first-order valence-electron chi connectivity index (χ1n) is 12.7. The number of halogens is 1. The van der Waals surface area contributed by atoms with E-state index in [1.165, 1.54) is 33.5 Å². The van der Waals surface area contributed by atoms with Crippen LogP contribution in [0.4, 0.5) is 11.4 Å². The summed E-state index contributed by atoms with van der Waals surface area (Å²) in [6, 6.07) is 12.8. The predicted octanol–water partition coefficient (Wildman–Crippen LogP) is 4.39. The van der Waals surface area contributed by atoms with Gasteiger partial charge in [-0.3, -0.25) is 4.18 Å². The number of nitrogens with zero attached hydrogens (tertiary/aromatic N) is 3. The predicted molar refractivity (Wildman–Crippen MR) is 167 cm³/mol. The Morgan fingerprint density at radius 3 is 1.31 bits per heavy atom. The highest BCUT2D eigenvalue weighted by atomic mass is 35.7. The average molecular weight is 648 g/mol. The first-order chi connectivity index (χ1) is 19.2. The quantitative estimate of drug-likeness (QED) is 0.205. The Balaban J connectivity index is 0. The van der Waals surface area contributed by atoms with E-state index in [9.17, 15) is 27.0 Å². The fourth-order valence-corrected chi connectivity index (χ4v) is 3.30. The lowest BCUT2D eigenvalue weighted by molar-refractivity contribution is -0.00226. The van der Waals surface area contributed by atoms with Gasteiger partial charge in [0, 0.05) is 10.7 Å². The van der Waals surface area contributed by atoms with Crippen LogP contribution in [0.15, 0.2) is 48.5 Å². The van der Waals surface area contributed by atoms with Crippen LogP contribution >= 0.6 is 10.7 Å². The van der Waals surface area contributed by atoms with Crippen molar-refractivity contribution < 1.29 is 36.3 Å². The minimum absolute atomic E-state index is 0.329. The van der Waals surface area contributed by atoms with Crippen molar-refractivity contribution in [1.29, 1.82) is 0 Å². The van der Waals surface area contributed by atoms with Gasteiger partial charge in [-0.2, -0.15) is 8.42 Å². The normalized spacial score (nSPS) is 13.7. The summed E-state index contributed by atoms with van der Waals surface area (Å²) < 4.78 is 45.0. The van der Waals surface area contributed by atoms with Crippen LogP contribution in [0.1, 0.15) is 45.7 Å². The number of aliphatic hydroxyl groups excluding tert-OH is 1. The van der Waals surface area contributed by atoms with Gasteiger partial charge < -0.3 is 20.2 Å². The van der Waals surface area contributed by atoms with Gasteiger partial charge >= 0.3 is 0 Å². The van der Waals surface area contributed by atoms with Gasteiger partial charge in [-0.05, 0) is 44.6 Å². The highest BCUT2D eigenvalue weighted by Gasteiger charge is 2.25. The van der Waals surface area contributed by atoms with Crippen LogP contribution < -0.4 is 0 Å². The summed E-state index contributed by atoms with van der Waals surface area (Å²) in [5, 5.41) is 28.5. The van der Waals surface area contributed by atoms with Crippen molar-refractivity contribution in [2.24, 2.45) is 0 Å². The van der Waals surface area contributed by atoms with Crippen LogP contribution in [0, 0.1) is 13.1 Å². The van der Waals surface area contributed by atoms with Crippen LogP contribution in [-0.4, -0.2) is 82.4 Å². The van der Waals surface area contributed by atoms with Gasteiger partial charge in [0.15, 0.2) is 11.4 Å². The van der Waals surface area contributed by atoms with Crippen molar-refractivity contribution in [3.8, 4) is 0 Å². The topological polar surface area (TPSA) is 150 Å². The molecule has 0 aliphatic carbocycles. The van der Waals surface area contributed by atoms with E-state index in [2.05, 4.69) is 50.2 Å². The maximum Gasteiger partial charge on any atom is 0.264 e. The molecule has 0 unspecified atom stereocenters. The molecule has 2 rings (SSSR count). The van der Waals surface area contributed by atoms with Crippen LogP contribution in [-0.2, 0) is 34.6 Å². The van der Waals surface area contributed by atoms with E-state index in [1.807, 2.05) is 0 Å². The molecule has 0 aromatic heterocycles. The Hall–Kier alpha value is -2.59. The molecule has 11 nitrogen and oxygen atoms in total. The lowest BCUT2D eigenvalue weighted by Crippen LogP contribution is -2.29. The molecule has 2 aromatic rings. The molecule has 0 spiro atoms. The van der Waals surface area contributed by atoms with Gasteiger partial charge in [0.05, 0.1) is 38.9 Å². The molecule has 0 saturated heterocycles. The van der Waals surface area contributed by atoms with Crippen LogP contribution in [0.5, 0.6) is 0 Å². The number of aliphatic hydroxyl groups is 3. The first kappa shape index (κ1) is 41.5. The molecule has 0 fully saturated rings. The average Bonchev–Trinajstić information content (AvgIpc) is 2.92. The molecule has 236 valence electrons. The molecule has 0 amide bonds. The second-order valence-electron chi connectivity index (χ2n) is 9.29. The summed E-state index contributed by atoms with van der Waals surface area (Å²) in [6.07, 6.45) is 1.85. The lowest BCUT2D eigenvalue weighted by atomic mass is 9.97. The molecule has 0 radical (unpaired) electrons. The SMILES string of the molecule is CCN(CC)CC.CS(=O)(=O)Cl.[C-]#[N+]c1ccc([C@](C)(O)CO)cc1.[C-]#[N+]c1ccc([C@](C)(O)COS(C)(=O)=O)cc1. The Morgan fingerprint density at radius 2 is 1.10 bits per heavy atom. The van der Waals surface area contributed by atoms with E-state index in [4.69, 9.17) is 18.3 Å². The largest absolute Gasteiger partial charge is 0.393 e. The third kappa shape index (κ3) is 20.3. The zero-order valence-corrected chi connectivity index (χ0v) is 27.5. The highest BCUT2D eigenvalue weighted by molar-refractivity contribution is 8.13. The second-order valence-corrected chi connectivity index (χ2v) is 14.0. The maximum atomic E-state index is 10.8. The molecule has 0 aliphatic rings. The summed E-state index contributed by atoms with van der Waals surface area (Å²) in [5.74, 6) is 0. The Morgan fingerprint density at radius 1 is 0.786 bits per heavy atom. The van der Waals surface area contributed by atoms with Gasteiger partial charge in [0.1, 0.15) is 11.2 Å². The summed E-state index contributed by atoms with van der Waals surface area (Å²) >= 11 is 0. The molecule has 2 aromatic carbocycles. The summed E-state index contributed by atoms with van der Waals surface area (Å²) in [7, 11) is -2.28. The van der Waals surface area contributed by atoms with Crippen molar-refractivity contribution in [3.63, 3.8) is 0 Å². The summed E-state index contributed by atoms with van der Waals surface area (Å²) in [4.78, 5) is 8.82. The van der Waals surface area contributed by atoms with Gasteiger partial charge in [0.2, 0.25) is 9.05 Å². The summed E-state index contributed by atoms with van der Waals surface area (Å²) in [5.41, 5.74) is -0.550. The minimum atomic E-state index is -3.59. The second kappa shape index (κ2) is 19.6. The van der Waals surface area contributed by atoms with E-state index < -0.39 is 30.4 Å². The first-order valence-corrected chi connectivity index (χ1v) is 17.2. The smallest absolute Gasteiger partial charge is 0.264 e. The zero-order valence-electron chi connectivity index (χ0n) is 25.1. The van der Waals surface area contributed by atoms with Gasteiger partial charge in [0.25, 0.3) is 10.1 Å². The standard InChI is InChI=1S/C11H13NO4S.C10H11NO2.C6H15N.CH3ClO2S/c1-11(13,8-16-17(3,14)15)9-4-6-10(12-2)7-5-9;1-10(13,7-12)8-3-5-9(11-2)6-4-8;1-4-7(5-2)6-3;1-5(2,3)4/h4-7,13H,8H2,1,3H3;3-6,12-13H,7H2,1H3;4-6H2,1-3H3;1H3/t11-;10-;;/m11../s1. The molecule has 0 bridgehead atoms. The number of hydrogen-bond acceptors (Lipinski definition) is 9. The monoisotopic (exact) mass is 647 g/mol. The number of hydrogen-bond donors (Lipinski definition) is 3. The van der Waals surface area contributed by atoms with E-state index in [1.54, 1.807) is 48.5 Å². The van der Waals surface area contributed by atoms with Gasteiger partial charge in [-0.15, -0.1) is 0 Å². The molecule has 0 aliphatic heterocycles. The molecule has 0 heterocycles. The van der Waals surface area contributed by atoms with Crippen molar-refractivity contribution in [2.75, 3.05) is 45.4 Å². The lowest BCUT2D eigenvalue weighted by Gasteiger charge is -2.22. The van der Waals surface area contributed by atoms with Gasteiger partial charge in [-0.1, -0.05) is 69.3 Å². The van der Waals surface area contributed by atoms with E-state index in [0.29, 0.717) is 22.5 Å². The fraction of sp³-hybridized carbons (Fsp3) is 0.500. The molecule has 14 heteroatoms. The molecular formula is C28H42ClN3O8S2. The third-order valence-electron chi connectivity index (χ3n) is 5.44. The Kier molecular flexibility index (Phi) is 19.4. The van der Waals surface area contributed by atoms with E-state index in [-0.39, 0.29) is 13.2 Å². The highest BCUT2D eigenvalue weighted by Crippen LogP contribution is 2.24. The van der Waals surface area contributed by atoms with Gasteiger partial charge in [-0.25, -0.2) is 18.1 Å². The van der Waals surface area contributed by atoms with Crippen molar-refractivity contribution in [1.82, 2.24) is 4.90 Å². The van der Waals surface area contributed by atoms with Crippen LogP contribution in [0.2, 0.25) is 0 Å². The molecular weight excluding hydrogens is 606 g/mol. The number of benzene rings is 2. The molecule has 0 saturated carbocycles. The minimum Gasteiger partial charge on any atom is -0.393 e. The third-order valence-corrected chi connectivity index (χ3v) is 5.99. The molecule has 42 heavy (non-hydrogen) atoms. The van der Waals surface area contributed by atoms with Crippen molar-refractivity contribution in [2.45, 2.75) is 45.8 Å². The Bertz CT molecular complexity index is 1330.